The van der Waals surface area contributed by atoms with Crippen molar-refractivity contribution in [3.05, 3.63) is 29.5 Å². The molecule has 150 valence electrons. The van der Waals surface area contributed by atoms with Crippen LogP contribution in [0.4, 0.5) is 5.82 Å². The van der Waals surface area contributed by atoms with Crippen LogP contribution in [0.3, 0.4) is 0 Å². The van der Waals surface area contributed by atoms with E-state index in [0.29, 0.717) is 23.8 Å². The minimum atomic E-state index is 0.445. The van der Waals surface area contributed by atoms with Crippen LogP contribution in [0.25, 0.3) is 6.08 Å². The van der Waals surface area contributed by atoms with E-state index in [9.17, 15) is 4.79 Å². The zero-order valence-corrected chi connectivity index (χ0v) is 18.2. The topological polar surface area (TPSA) is 33.2 Å². The van der Waals surface area contributed by atoms with Crippen LogP contribution in [0.2, 0.25) is 0 Å². The number of aldehydes is 1. The Labute approximate surface area is 166 Å². The largest absolute Gasteiger partial charge is 0.356 e. The Bertz CT molecular complexity index is 642. The number of hydrogen-bond donors (Lipinski definition) is 0. The maximum Gasteiger partial charge on any atom is 0.131 e. The van der Waals surface area contributed by atoms with Crippen LogP contribution in [0.1, 0.15) is 77.8 Å². The molecule has 1 aliphatic rings. The highest BCUT2D eigenvalue weighted by molar-refractivity contribution is 5.58. The number of nitrogens with zero attached hydrogens (tertiary/aromatic N) is 2. The van der Waals surface area contributed by atoms with Crippen LogP contribution in [0.5, 0.6) is 0 Å². The van der Waals surface area contributed by atoms with E-state index in [1.807, 2.05) is 6.20 Å². The summed E-state index contributed by atoms with van der Waals surface area (Å²) in [7, 11) is 2.16. The second-order valence-corrected chi connectivity index (χ2v) is 9.31. The van der Waals surface area contributed by atoms with Gasteiger partial charge in [-0.05, 0) is 66.5 Å². The first-order valence-corrected chi connectivity index (χ1v) is 10.6. The first-order valence-electron chi connectivity index (χ1n) is 10.6. The fraction of sp³-hybridized carbons (Fsp3) is 0.667. The number of pyridine rings is 1. The molecule has 1 aliphatic carbocycles. The van der Waals surface area contributed by atoms with Crippen molar-refractivity contribution >= 4 is 18.2 Å². The van der Waals surface area contributed by atoms with E-state index < -0.39 is 0 Å². The lowest BCUT2D eigenvalue weighted by molar-refractivity contribution is -0.107. The quantitative estimate of drug-likeness (QED) is 0.479. The highest BCUT2D eigenvalue weighted by Gasteiger charge is 2.44. The van der Waals surface area contributed by atoms with Gasteiger partial charge in [0.2, 0.25) is 0 Å². The van der Waals surface area contributed by atoms with Crippen LogP contribution in [0.15, 0.2) is 18.3 Å². The number of aromatic nitrogens is 1. The van der Waals surface area contributed by atoms with Gasteiger partial charge in [0.1, 0.15) is 12.1 Å². The van der Waals surface area contributed by atoms with Gasteiger partial charge in [0, 0.05) is 25.7 Å². The predicted molar refractivity (Wildman–Crippen MR) is 116 cm³/mol. The summed E-state index contributed by atoms with van der Waals surface area (Å²) in [6, 6.07) is 2.77. The van der Waals surface area contributed by atoms with Gasteiger partial charge in [-0.2, -0.15) is 0 Å². The van der Waals surface area contributed by atoms with Crippen molar-refractivity contribution in [1.82, 2.24) is 4.98 Å². The SMILES string of the molecule is CC(C)CC/C=C\c1cnc(N(C)C2CC(C)(C(C)C)C2)c(CCC=O)c1. The Morgan fingerprint density at radius 3 is 2.56 bits per heavy atom. The molecular formula is C24H38N2O. The molecule has 3 nitrogen and oxygen atoms in total. The predicted octanol–water partition coefficient (Wildman–Crippen LogP) is 5.92. The van der Waals surface area contributed by atoms with Gasteiger partial charge in [0.05, 0.1) is 0 Å². The fourth-order valence-corrected chi connectivity index (χ4v) is 3.91. The third-order valence-electron chi connectivity index (χ3n) is 6.40. The van der Waals surface area contributed by atoms with Gasteiger partial charge in [0.25, 0.3) is 0 Å². The molecule has 2 rings (SSSR count). The molecule has 1 heterocycles. The summed E-state index contributed by atoms with van der Waals surface area (Å²) in [5.41, 5.74) is 2.77. The van der Waals surface area contributed by atoms with Crippen LogP contribution in [-0.2, 0) is 11.2 Å². The molecule has 0 unspecified atom stereocenters. The second kappa shape index (κ2) is 9.52. The molecule has 0 radical (unpaired) electrons. The highest BCUT2D eigenvalue weighted by Crippen LogP contribution is 2.49. The number of rotatable bonds is 10. The zero-order chi connectivity index (χ0) is 20.0. The molecule has 0 atom stereocenters. The van der Waals surface area contributed by atoms with Gasteiger partial charge in [-0.15, -0.1) is 0 Å². The fourth-order valence-electron chi connectivity index (χ4n) is 3.91. The Balaban J connectivity index is 2.11. The summed E-state index contributed by atoms with van der Waals surface area (Å²) in [5.74, 6) is 2.49. The van der Waals surface area contributed by atoms with Gasteiger partial charge in [-0.25, -0.2) is 4.98 Å². The summed E-state index contributed by atoms with van der Waals surface area (Å²) in [6.07, 6.45) is 13.4. The average Bonchev–Trinajstić information content (AvgIpc) is 2.60. The maximum atomic E-state index is 10.9. The number of allylic oxidation sites excluding steroid dienone is 1. The van der Waals surface area contributed by atoms with Crippen molar-refractivity contribution in [2.24, 2.45) is 17.3 Å². The lowest BCUT2D eigenvalue weighted by atomic mass is 9.60. The number of aryl methyl sites for hydroxylation is 1. The highest BCUT2D eigenvalue weighted by atomic mass is 16.1. The Morgan fingerprint density at radius 2 is 1.96 bits per heavy atom. The maximum absolute atomic E-state index is 10.9. The second-order valence-electron chi connectivity index (χ2n) is 9.31. The Morgan fingerprint density at radius 1 is 1.26 bits per heavy atom. The van der Waals surface area contributed by atoms with Crippen molar-refractivity contribution < 1.29 is 4.79 Å². The lowest BCUT2D eigenvalue weighted by Gasteiger charge is -2.52. The van der Waals surface area contributed by atoms with E-state index in [1.54, 1.807) is 0 Å². The molecule has 0 N–H and O–H groups in total. The van der Waals surface area contributed by atoms with Gasteiger partial charge >= 0.3 is 0 Å². The van der Waals surface area contributed by atoms with Gasteiger partial charge < -0.3 is 9.69 Å². The van der Waals surface area contributed by atoms with Crippen LogP contribution >= 0.6 is 0 Å². The number of carbonyl (C=O) groups is 1. The standard InChI is InChI=1S/C24H38N2O/c1-18(2)10-7-8-11-20-14-21(12-9-13-27)23(25-17-20)26(6)22-15-24(5,16-22)19(3)4/h8,11,13-14,17-19,22H,7,9-10,12,15-16H2,1-6H3/b11-8-. The van der Waals surface area contributed by atoms with Gasteiger partial charge in [0.15, 0.2) is 0 Å². The van der Waals surface area contributed by atoms with E-state index in [4.69, 9.17) is 4.98 Å². The van der Waals surface area contributed by atoms with Crippen molar-refractivity contribution in [3.63, 3.8) is 0 Å². The first kappa shape index (κ1) is 21.7. The van der Waals surface area contributed by atoms with E-state index in [0.717, 1.165) is 36.4 Å². The van der Waals surface area contributed by atoms with E-state index in [2.05, 4.69) is 64.8 Å². The monoisotopic (exact) mass is 370 g/mol. The normalized spacial score (nSPS) is 22.4. The number of carbonyl (C=O) groups excluding carboxylic acids is 1. The molecule has 0 saturated heterocycles. The molecular weight excluding hydrogens is 332 g/mol. The van der Waals surface area contributed by atoms with E-state index in [-0.39, 0.29) is 0 Å². The number of hydrogen-bond acceptors (Lipinski definition) is 3. The molecule has 27 heavy (non-hydrogen) atoms. The van der Waals surface area contributed by atoms with Gasteiger partial charge in [-0.3, -0.25) is 0 Å². The molecule has 0 spiro atoms. The Hall–Kier alpha value is -1.64. The summed E-state index contributed by atoms with van der Waals surface area (Å²) in [6.45, 7) is 11.5. The molecule has 0 amide bonds. The lowest BCUT2D eigenvalue weighted by Crippen LogP contribution is -2.51. The summed E-state index contributed by atoms with van der Waals surface area (Å²) in [5, 5.41) is 0. The van der Waals surface area contributed by atoms with Crippen molar-refractivity contribution in [2.75, 3.05) is 11.9 Å². The van der Waals surface area contributed by atoms with Gasteiger partial charge in [-0.1, -0.05) is 46.8 Å². The van der Waals surface area contributed by atoms with Crippen molar-refractivity contribution in [2.45, 2.75) is 79.2 Å². The molecule has 0 aromatic carbocycles. The average molecular weight is 371 g/mol. The molecule has 1 aromatic heterocycles. The van der Waals surface area contributed by atoms with Crippen molar-refractivity contribution in [3.8, 4) is 0 Å². The molecule has 1 saturated carbocycles. The summed E-state index contributed by atoms with van der Waals surface area (Å²) >= 11 is 0. The molecule has 0 aliphatic heterocycles. The zero-order valence-electron chi connectivity index (χ0n) is 18.2. The van der Waals surface area contributed by atoms with E-state index in [1.165, 1.54) is 24.8 Å². The molecule has 0 bridgehead atoms. The minimum absolute atomic E-state index is 0.445. The Kier molecular flexibility index (Phi) is 7.64. The summed E-state index contributed by atoms with van der Waals surface area (Å²) < 4.78 is 0. The molecule has 1 aromatic rings. The third kappa shape index (κ3) is 5.67. The molecule has 3 heteroatoms. The third-order valence-corrected chi connectivity index (χ3v) is 6.40. The van der Waals surface area contributed by atoms with E-state index >= 15 is 0 Å². The van der Waals surface area contributed by atoms with Crippen LogP contribution in [-0.4, -0.2) is 24.4 Å². The summed E-state index contributed by atoms with van der Waals surface area (Å²) in [4.78, 5) is 18.1. The van der Waals surface area contributed by atoms with Crippen molar-refractivity contribution in [1.29, 1.82) is 0 Å². The van der Waals surface area contributed by atoms with Crippen LogP contribution < -0.4 is 4.90 Å². The first-order chi connectivity index (χ1) is 12.8. The minimum Gasteiger partial charge on any atom is -0.356 e. The number of anilines is 1. The smallest absolute Gasteiger partial charge is 0.131 e. The van der Waals surface area contributed by atoms with Crippen LogP contribution in [0, 0.1) is 17.3 Å². The molecule has 1 fully saturated rings.